The van der Waals surface area contributed by atoms with Crippen LogP contribution in [0.1, 0.15) is 373 Å². The Bertz CT molecular complexity index is 1250. The molecule has 0 spiro atoms. The Morgan fingerprint density at radius 1 is 0.316 bits per heavy atom. The van der Waals surface area contributed by atoms with E-state index in [0.717, 1.165) is 57.8 Å². The maximum absolute atomic E-state index is 12.3. The molecular weight excluding hydrogens is 933 g/mol. The van der Waals surface area contributed by atoms with Gasteiger partial charge in [0, 0.05) is 12.8 Å². The van der Waals surface area contributed by atoms with Crippen molar-refractivity contribution in [3.63, 3.8) is 0 Å². The molecule has 0 aliphatic heterocycles. The molecule has 0 heterocycles. The monoisotopic (exact) mass is 1070 g/mol. The van der Waals surface area contributed by atoms with Crippen LogP contribution in [0.4, 0.5) is 0 Å². The van der Waals surface area contributed by atoms with Gasteiger partial charge in [0.15, 0.2) is 6.10 Å². The lowest BCUT2D eigenvalue weighted by Crippen LogP contribution is -2.28. The highest BCUT2D eigenvalue weighted by Gasteiger charge is 2.16. The van der Waals surface area contributed by atoms with E-state index in [4.69, 9.17) is 9.47 Å². The van der Waals surface area contributed by atoms with Gasteiger partial charge in [-0.25, -0.2) is 0 Å². The predicted molar refractivity (Wildman–Crippen MR) is 334 cm³/mol. The largest absolute Gasteiger partial charge is 0.462 e. The summed E-state index contributed by atoms with van der Waals surface area (Å²) in [6.07, 6.45) is 90.1. The molecule has 0 aliphatic rings. The molecule has 0 bridgehead atoms. The van der Waals surface area contributed by atoms with Gasteiger partial charge in [0.2, 0.25) is 0 Å². The number of rotatable bonds is 64. The highest BCUT2D eigenvalue weighted by Crippen LogP contribution is 2.19. The van der Waals surface area contributed by atoms with E-state index in [-0.39, 0.29) is 25.2 Å². The minimum atomic E-state index is -0.772. The predicted octanol–water partition coefficient (Wildman–Crippen LogP) is 23.5. The van der Waals surface area contributed by atoms with Crippen LogP contribution in [0.15, 0.2) is 48.6 Å². The number of carbonyl (C=O) groups excluding carboxylic acids is 2. The van der Waals surface area contributed by atoms with Gasteiger partial charge in [0.1, 0.15) is 6.61 Å². The molecule has 0 saturated carbocycles. The molecule has 0 aromatic carbocycles. The molecule has 1 N–H and O–H groups in total. The van der Waals surface area contributed by atoms with E-state index in [2.05, 4.69) is 62.5 Å². The Morgan fingerprint density at radius 2 is 0.566 bits per heavy atom. The molecule has 0 rings (SSSR count). The van der Waals surface area contributed by atoms with Crippen molar-refractivity contribution in [2.45, 2.75) is 380 Å². The first-order chi connectivity index (χ1) is 37.6. The summed E-state index contributed by atoms with van der Waals surface area (Å²) in [5, 5.41) is 9.69. The molecule has 5 heteroatoms. The third-order valence-corrected chi connectivity index (χ3v) is 15.6. The van der Waals surface area contributed by atoms with Crippen LogP contribution in [0.5, 0.6) is 0 Å². The molecule has 0 aliphatic carbocycles. The smallest absolute Gasteiger partial charge is 0.306 e. The van der Waals surface area contributed by atoms with Crippen molar-refractivity contribution < 1.29 is 24.2 Å². The lowest BCUT2D eigenvalue weighted by Gasteiger charge is -2.15. The third-order valence-electron chi connectivity index (χ3n) is 15.6. The topological polar surface area (TPSA) is 72.8 Å². The fraction of sp³-hybridized carbons (Fsp3) is 0.859. The molecule has 1 atom stereocenters. The van der Waals surface area contributed by atoms with Crippen LogP contribution in [0.25, 0.3) is 0 Å². The molecular formula is C71H132O5. The fourth-order valence-electron chi connectivity index (χ4n) is 10.6. The van der Waals surface area contributed by atoms with Crippen LogP contribution in [0.3, 0.4) is 0 Å². The summed E-state index contributed by atoms with van der Waals surface area (Å²) in [5.41, 5.74) is 0. The van der Waals surface area contributed by atoms with Crippen LogP contribution in [-0.4, -0.2) is 36.4 Å². The van der Waals surface area contributed by atoms with Gasteiger partial charge in [-0.15, -0.1) is 0 Å². The minimum absolute atomic E-state index is 0.0615. The molecule has 0 amide bonds. The van der Waals surface area contributed by atoms with Crippen molar-refractivity contribution in [1.29, 1.82) is 0 Å². The average molecular weight is 1070 g/mol. The van der Waals surface area contributed by atoms with Gasteiger partial charge in [0.05, 0.1) is 6.61 Å². The SMILES string of the molecule is CC/C=C\C/C=C\C/C=C\C/C=C\CCCCCCCCCCCCCCCCC(=O)OC(CO)COC(=O)CCCCCCCCCCCCCCCCCCCCCCCCCCCCCCCCCCCCC. The van der Waals surface area contributed by atoms with Crippen LogP contribution < -0.4 is 0 Å². The van der Waals surface area contributed by atoms with Gasteiger partial charge in [-0.1, -0.05) is 358 Å². The van der Waals surface area contributed by atoms with Crippen molar-refractivity contribution in [1.82, 2.24) is 0 Å². The summed E-state index contributed by atoms with van der Waals surface area (Å²) in [6, 6.07) is 0. The van der Waals surface area contributed by atoms with Crippen LogP contribution in [0.2, 0.25) is 0 Å². The Kier molecular flexibility index (Phi) is 65.2. The molecule has 76 heavy (non-hydrogen) atoms. The molecule has 1 unspecified atom stereocenters. The second kappa shape index (κ2) is 67.1. The lowest BCUT2D eigenvalue weighted by atomic mass is 10.0. The van der Waals surface area contributed by atoms with Gasteiger partial charge in [-0.05, 0) is 51.4 Å². The zero-order valence-corrected chi connectivity index (χ0v) is 51.3. The van der Waals surface area contributed by atoms with E-state index < -0.39 is 6.10 Å². The Balaban J connectivity index is 3.38. The van der Waals surface area contributed by atoms with E-state index >= 15 is 0 Å². The Labute approximate surface area is 475 Å². The first kappa shape index (κ1) is 73.9. The van der Waals surface area contributed by atoms with Gasteiger partial charge in [-0.2, -0.15) is 0 Å². The van der Waals surface area contributed by atoms with E-state index in [9.17, 15) is 14.7 Å². The number of allylic oxidation sites excluding steroid dienone is 8. The summed E-state index contributed by atoms with van der Waals surface area (Å²) in [5.74, 6) is -0.571. The molecule has 0 saturated heterocycles. The number of hydrogen-bond donors (Lipinski definition) is 1. The van der Waals surface area contributed by atoms with Gasteiger partial charge in [0.25, 0.3) is 0 Å². The Morgan fingerprint density at radius 3 is 0.855 bits per heavy atom. The van der Waals surface area contributed by atoms with E-state index in [1.165, 1.54) is 289 Å². The van der Waals surface area contributed by atoms with Crippen LogP contribution in [-0.2, 0) is 19.1 Å². The summed E-state index contributed by atoms with van der Waals surface area (Å²) < 4.78 is 10.8. The van der Waals surface area contributed by atoms with Crippen LogP contribution >= 0.6 is 0 Å². The maximum Gasteiger partial charge on any atom is 0.306 e. The van der Waals surface area contributed by atoms with Gasteiger partial charge < -0.3 is 14.6 Å². The zero-order valence-electron chi connectivity index (χ0n) is 51.3. The van der Waals surface area contributed by atoms with Crippen molar-refractivity contribution in [3.05, 3.63) is 48.6 Å². The second-order valence-corrected chi connectivity index (χ2v) is 23.2. The van der Waals surface area contributed by atoms with Gasteiger partial charge >= 0.3 is 11.9 Å². The number of hydrogen-bond acceptors (Lipinski definition) is 5. The Hall–Kier alpha value is -2.14. The highest BCUT2D eigenvalue weighted by atomic mass is 16.6. The molecule has 0 aromatic heterocycles. The van der Waals surface area contributed by atoms with Gasteiger partial charge in [-0.3, -0.25) is 9.59 Å². The standard InChI is InChI=1S/C71H132O5/c1-3-5-7-9-11-13-15-17-19-21-23-25-27-29-31-32-33-34-35-36-37-38-40-41-43-45-47-49-51-53-55-57-59-61-63-65-70(73)75-68-69(67-72)76-71(74)66-64-62-60-58-56-54-52-50-48-46-44-42-39-30-28-26-24-22-20-18-16-14-12-10-8-6-4-2/h6,8,12,14,18,20,24,26,69,72H,3-5,7,9-11,13,15-17,19,21-23,25,27-68H2,1-2H3/b8-6-,14-12-,20-18-,26-24-. The fourth-order valence-corrected chi connectivity index (χ4v) is 10.6. The van der Waals surface area contributed by atoms with Crippen molar-refractivity contribution >= 4 is 11.9 Å². The van der Waals surface area contributed by atoms with Crippen molar-refractivity contribution in [2.24, 2.45) is 0 Å². The molecule has 446 valence electrons. The number of carbonyl (C=O) groups is 2. The summed E-state index contributed by atoms with van der Waals surface area (Å²) in [4.78, 5) is 24.6. The highest BCUT2D eigenvalue weighted by molar-refractivity contribution is 5.70. The lowest BCUT2D eigenvalue weighted by molar-refractivity contribution is -0.161. The zero-order chi connectivity index (χ0) is 54.8. The van der Waals surface area contributed by atoms with Crippen molar-refractivity contribution in [2.75, 3.05) is 13.2 Å². The quantitative estimate of drug-likeness (QED) is 0.0373. The van der Waals surface area contributed by atoms with Crippen LogP contribution in [0, 0.1) is 0 Å². The summed E-state index contributed by atoms with van der Waals surface area (Å²) >= 11 is 0. The third kappa shape index (κ3) is 64.4. The first-order valence-electron chi connectivity index (χ1n) is 34.2. The normalized spacial score (nSPS) is 12.4. The second-order valence-electron chi connectivity index (χ2n) is 23.2. The maximum atomic E-state index is 12.3. The minimum Gasteiger partial charge on any atom is -0.462 e. The first-order valence-corrected chi connectivity index (χ1v) is 34.2. The molecule has 0 radical (unpaired) electrons. The van der Waals surface area contributed by atoms with Crippen molar-refractivity contribution in [3.8, 4) is 0 Å². The molecule has 5 nitrogen and oxygen atoms in total. The van der Waals surface area contributed by atoms with E-state index in [1.54, 1.807) is 0 Å². The number of aliphatic hydroxyl groups excluding tert-OH is 1. The molecule has 0 aromatic rings. The summed E-state index contributed by atoms with van der Waals surface area (Å²) in [6.45, 7) is 4.09. The van der Waals surface area contributed by atoms with E-state index in [0.29, 0.717) is 12.8 Å². The number of esters is 2. The number of aliphatic hydroxyl groups is 1. The summed E-state index contributed by atoms with van der Waals surface area (Å²) in [7, 11) is 0. The number of unbranched alkanes of at least 4 members (excludes halogenated alkanes) is 48. The molecule has 0 fully saturated rings. The van der Waals surface area contributed by atoms with E-state index in [1.807, 2.05) is 0 Å². The average Bonchev–Trinajstić information content (AvgIpc) is 3.42. The number of ether oxygens (including phenoxy) is 2.